The van der Waals surface area contributed by atoms with Crippen molar-refractivity contribution >= 4 is 11.8 Å². The second-order valence-corrected chi connectivity index (χ2v) is 17.1. The van der Waals surface area contributed by atoms with Crippen LogP contribution in [-0.2, 0) is 42.7 Å². The molecule has 0 bridgehead atoms. The predicted octanol–water partition coefficient (Wildman–Crippen LogP) is 6.50. The highest BCUT2D eigenvalue weighted by Crippen LogP contribution is 2.56. The van der Waals surface area contributed by atoms with Gasteiger partial charge in [0.2, 0.25) is 0 Å². The summed E-state index contributed by atoms with van der Waals surface area (Å²) in [6.45, 7) is 15.2. The van der Waals surface area contributed by atoms with Crippen LogP contribution < -0.4 is 0 Å². The second kappa shape index (κ2) is 17.0. The fraction of sp³-hybridized carbons (Fsp3) is 0.857. The standard InChI is InChI=1S/C42H67NO9/c1-11-47-40-24(4)26(6)50-42(41(40)46-10)51-28-18-29-22(2)17-30-32(31(29)19-28)20-34-33(30)21-37(44)48-23(3)13-12-14-36(25(5)39(34)45)52-38-16-15-35(43(8)9)27(7)49-38/h17,20,23-33,35-36,38,40-42H,11-16,18-19,21H2,1-10H3/t23-,24?,25+,26?,27?,28+,29-,30+,31+,32+,33-,35?,36-,38?,40?,41?,42?/m0/s1. The summed E-state index contributed by atoms with van der Waals surface area (Å²) in [5.41, 5.74) is 2.10. The van der Waals surface area contributed by atoms with E-state index in [1.807, 2.05) is 20.8 Å². The number of ketones is 1. The van der Waals surface area contributed by atoms with Crippen LogP contribution in [0.3, 0.4) is 0 Å². The van der Waals surface area contributed by atoms with Crippen molar-refractivity contribution < 1.29 is 42.7 Å². The van der Waals surface area contributed by atoms with Gasteiger partial charge in [-0.25, -0.2) is 0 Å². The molecular weight excluding hydrogens is 662 g/mol. The predicted molar refractivity (Wildman–Crippen MR) is 197 cm³/mol. The molecule has 52 heavy (non-hydrogen) atoms. The van der Waals surface area contributed by atoms with E-state index in [1.54, 1.807) is 7.11 Å². The lowest BCUT2D eigenvalue weighted by Gasteiger charge is -2.44. The molecule has 3 aliphatic carbocycles. The van der Waals surface area contributed by atoms with Crippen LogP contribution in [0.4, 0.5) is 0 Å². The Kier molecular flexibility index (Phi) is 13.1. The number of esters is 1. The van der Waals surface area contributed by atoms with E-state index in [-0.39, 0.29) is 96.8 Å². The Balaban J connectivity index is 1.22. The van der Waals surface area contributed by atoms with Crippen molar-refractivity contribution in [2.75, 3.05) is 27.8 Å². The van der Waals surface area contributed by atoms with E-state index in [0.29, 0.717) is 30.9 Å². The zero-order valence-electron chi connectivity index (χ0n) is 33.5. The smallest absolute Gasteiger partial charge is 0.306 e. The zero-order chi connectivity index (χ0) is 37.4. The minimum Gasteiger partial charge on any atom is -0.463 e. The fourth-order valence-electron chi connectivity index (χ4n) is 10.6. The maximum atomic E-state index is 14.7. The Hall–Kier alpha value is -1.66. The minimum absolute atomic E-state index is 0.0177. The van der Waals surface area contributed by atoms with Gasteiger partial charge in [0, 0.05) is 37.5 Å². The first-order valence-electron chi connectivity index (χ1n) is 20.4. The quantitative estimate of drug-likeness (QED) is 0.203. The molecule has 0 spiro atoms. The third-order valence-electron chi connectivity index (χ3n) is 13.6. The number of allylic oxidation sites excluding steroid dienone is 4. The largest absolute Gasteiger partial charge is 0.463 e. The molecule has 0 aromatic carbocycles. The van der Waals surface area contributed by atoms with Gasteiger partial charge in [0.1, 0.15) is 6.10 Å². The number of carbonyl (C=O) groups is 2. The molecule has 3 aliphatic heterocycles. The number of fused-ring (bicyclic) bond motifs is 5. The van der Waals surface area contributed by atoms with E-state index in [0.717, 1.165) is 44.1 Å². The van der Waals surface area contributed by atoms with Gasteiger partial charge in [-0.2, -0.15) is 0 Å². The van der Waals surface area contributed by atoms with Gasteiger partial charge >= 0.3 is 5.97 Å². The molecule has 4 fully saturated rings. The van der Waals surface area contributed by atoms with Gasteiger partial charge in [-0.3, -0.25) is 9.59 Å². The molecular formula is C42H67NO9. The lowest BCUT2D eigenvalue weighted by atomic mass is 9.67. The van der Waals surface area contributed by atoms with Crippen molar-refractivity contribution in [1.29, 1.82) is 0 Å². The monoisotopic (exact) mass is 729 g/mol. The molecule has 0 N–H and O–H groups in total. The van der Waals surface area contributed by atoms with Crippen LogP contribution in [0.15, 0.2) is 23.3 Å². The van der Waals surface area contributed by atoms with Gasteiger partial charge in [0.25, 0.3) is 0 Å². The highest BCUT2D eigenvalue weighted by Gasteiger charge is 2.53. The normalized spacial score (nSPS) is 45.9. The highest BCUT2D eigenvalue weighted by molar-refractivity contribution is 5.99. The Morgan fingerprint density at radius 1 is 0.865 bits per heavy atom. The summed E-state index contributed by atoms with van der Waals surface area (Å²) >= 11 is 0. The van der Waals surface area contributed by atoms with Crippen LogP contribution >= 0.6 is 0 Å². The first-order valence-corrected chi connectivity index (χ1v) is 20.4. The van der Waals surface area contributed by atoms with Crippen molar-refractivity contribution in [3.8, 4) is 0 Å². The van der Waals surface area contributed by atoms with E-state index < -0.39 is 6.29 Å². The van der Waals surface area contributed by atoms with Crippen molar-refractivity contribution in [2.24, 2.45) is 41.4 Å². The van der Waals surface area contributed by atoms with E-state index >= 15 is 0 Å². The molecule has 3 saturated heterocycles. The number of likely N-dealkylation sites (N-methyl/N-ethyl adjacent to an activating group) is 1. The Morgan fingerprint density at radius 2 is 1.63 bits per heavy atom. The molecule has 3 heterocycles. The molecule has 17 atom stereocenters. The number of ether oxygens (including phenoxy) is 7. The minimum atomic E-state index is -0.518. The molecule has 10 nitrogen and oxygen atoms in total. The maximum absolute atomic E-state index is 14.7. The number of hydrogen-bond acceptors (Lipinski definition) is 10. The SMILES string of the molecule is CCOC1C(C)C(C)OC(O[C@H]2C[C@H]3[C@@H]4C=C5C(=O)[C@H](C)[C@@H](OC6CCC(N(C)C)C(C)O6)CCC[C@H](C)OC(=O)C[C@H]5[C@@H]4C=C(C)[C@@H]3C2)C1OC. The van der Waals surface area contributed by atoms with E-state index in [4.69, 9.17) is 33.2 Å². The Bertz CT molecular complexity index is 1320. The van der Waals surface area contributed by atoms with Crippen molar-refractivity contribution in [2.45, 2.75) is 161 Å². The molecule has 294 valence electrons. The van der Waals surface area contributed by atoms with Crippen LogP contribution in [0.25, 0.3) is 0 Å². The lowest BCUT2D eigenvalue weighted by molar-refractivity contribution is -0.302. The van der Waals surface area contributed by atoms with Crippen LogP contribution in [-0.4, -0.2) is 106 Å². The number of methoxy groups -OCH3 is 1. The van der Waals surface area contributed by atoms with Crippen LogP contribution in [0.5, 0.6) is 0 Å². The molecule has 0 aromatic heterocycles. The molecule has 1 saturated carbocycles. The third kappa shape index (κ3) is 8.29. The maximum Gasteiger partial charge on any atom is 0.306 e. The summed E-state index contributed by atoms with van der Waals surface area (Å²) in [6, 6.07) is 0.343. The number of nitrogens with zero attached hydrogens (tertiary/aromatic N) is 1. The van der Waals surface area contributed by atoms with Crippen LogP contribution in [0.2, 0.25) is 0 Å². The molecule has 8 unspecified atom stereocenters. The van der Waals surface area contributed by atoms with Gasteiger partial charge < -0.3 is 38.1 Å². The van der Waals surface area contributed by atoms with Gasteiger partial charge in [0.15, 0.2) is 18.4 Å². The van der Waals surface area contributed by atoms with Gasteiger partial charge in [-0.1, -0.05) is 31.6 Å². The summed E-state index contributed by atoms with van der Waals surface area (Å²) in [4.78, 5) is 30.3. The highest BCUT2D eigenvalue weighted by atomic mass is 16.7. The summed E-state index contributed by atoms with van der Waals surface area (Å²) in [5, 5.41) is 0. The van der Waals surface area contributed by atoms with Gasteiger partial charge in [-0.05, 0) is 123 Å². The fourth-order valence-corrected chi connectivity index (χ4v) is 10.6. The van der Waals surface area contributed by atoms with Gasteiger partial charge in [0.05, 0.1) is 43.0 Å². The first kappa shape index (κ1) is 40.0. The number of hydrogen-bond donors (Lipinski definition) is 0. The average Bonchev–Trinajstić information content (AvgIpc) is 3.67. The van der Waals surface area contributed by atoms with Crippen LogP contribution in [0, 0.1) is 41.4 Å². The molecule has 6 aliphatic rings. The second-order valence-electron chi connectivity index (χ2n) is 17.1. The number of rotatable bonds is 8. The summed E-state index contributed by atoms with van der Waals surface area (Å²) in [5.74, 6) is 0.301. The van der Waals surface area contributed by atoms with Crippen molar-refractivity contribution in [3.05, 3.63) is 23.3 Å². The Morgan fingerprint density at radius 3 is 2.33 bits per heavy atom. The molecule has 6 rings (SSSR count). The topological polar surface area (TPSA) is 102 Å². The molecule has 0 radical (unpaired) electrons. The Labute approximate surface area is 312 Å². The van der Waals surface area contributed by atoms with Crippen LogP contribution in [0.1, 0.15) is 99.8 Å². The molecule has 10 heteroatoms. The third-order valence-corrected chi connectivity index (χ3v) is 13.6. The average molecular weight is 730 g/mol. The zero-order valence-corrected chi connectivity index (χ0v) is 33.5. The molecule has 0 aromatic rings. The number of carbonyl (C=O) groups excluding carboxylic acids is 2. The van der Waals surface area contributed by atoms with E-state index in [9.17, 15) is 9.59 Å². The number of cyclic esters (lactones) is 1. The first-order chi connectivity index (χ1) is 24.8. The van der Waals surface area contributed by atoms with Gasteiger partial charge in [-0.15, -0.1) is 0 Å². The summed E-state index contributed by atoms with van der Waals surface area (Å²) < 4.78 is 44.4. The van der Waals surface area contributed by atoms with Crippen molar-refractivity contribution in [3.63, 3.8) is 0 Å². The molecule has 0 amide bonds. The summed E-state index contributed by atoms with van der Waals surface area (Å²) in [7, 11) is 5.89. The number of Topliss-reactive ketones (excluding diaryl/α,β-unsaturated/α-hetero) is 1. The van der Waals surface area contributed by atoms with Crippen molar-refractivity contribution in [1.82, 2.24) is 4.90 Å². The van der Waals surface area contributed by atoms with E-state index in [1.165, 1.54) is 5.57 Å². The van der Waals surface area contributed by atoms with E-state index in [2.05, 4.69) is 58.8 Å². The summed E-state index contributed by atoms with van der Waals surface area (Å²) in [6.07, 6.45) is 8.82. The lowest BCUT2D eigenvalue weighted by Crippen LogP contribution is -2.56.